The highest BCUT2D eigenvalue weighted by Gasteiger charge is 2.47. The molecule has 1 aliphatic carbocycles. The van der Waals surface area contributed by atoms with E-state index in [0.717, 1.165) is 5.56 Å². The molecule has 2 rings (SSSR count). The minimum Gasteiger partial charge on any atom is -0.393 e. The van der Waals surface area contributed by atoms with Crippen molar-refractivity contribution in [1.82, 2.24) is 0 Å². The predicted octanol–water partition coefficient (Wildman–Crippen LogP) is 2.60. The molecular formula is C14H18F2O3S. The van der Waals surface area contributed by atoms with Crippen molar-refractivity contribution in [3.63, 3.8) is 0 Å². The van der Waals surface area contributed by atoms with Gasteiger partial charge in [-0.05, 0) is 35.4 Å². The number of benzene rings is 1. The van der Waals surface area contributed by atoms with Crippen LogP contribution < -0.4 is 0 Å². The summed E-state index contributed by atoms with van der Waals surface area (Å²) in [6, 6.07) is 6.04. The van der Waals surface area contributed by atoms with Gasteiger partial charge in [-0.1, -0.05) is 26.0 Å². The van der Waals surface area contributed by atoms with Gasteiger partial charge in [0.25, 0.3) is 6.43 Å². The van der Waals surface area contributed by atoms with Crippen molar-refractivity contribution < 1.29 is 22.3 Å². The van der Waals surface area contributed by atoms with E-state index in [2.05, 4.69) is 0 Å². The summed E-state index contributed by atoms with van der Waals surface area (Å²) in [4.78, 5) is -0.0840. The maximum Gasteiger partial charge on any atom is 0.252 e. The number of hydrogen-bond donors (Lipinski definition) is 1. The van der Waals surface area contributed by atoms with Crippen molar-refractivity contribution >= 4 is 9.84 Å². The molecule has 0 aliphatic heterocycles. The molecule has 0 spiro atoms. The average molecular weight is 304 g/mol. The Kier molecular flexibility index (Phi) is 3.90. The first kappa shape index (κ1) is 15.4. The van der Waals surface area contributed by atoms with Gasteiger partial charge in [-0.2, -0.15) is 0 Å². The number of rotatable bonds is 4. The summed E-state index contributed by atoms with van der Waals surface area (Å²) in [7, 11) is -3.93. The lowest BCUT2D eigenvalue weighted by molar-refractivity contribution is -0.0625. The Bertz CT molecular complexity index is 579. The quantitative estimate of drug-likeness (QED) is 0.930. The molecule has 2 atom stereocenters. The first-order valence-corrected chi connectivity index (χ1v) is 8.09. The lowest BCUT2D eigenvalue weighted by Crippen LogP contribution is -2.47. The summed E-state index contributed by atoms with van der Waals surface area (Å²) in [5.74, 6) is -0.996. The van der Waals surface area contributed by atoms with E-state index in [4.69, 9.17) is 0 Å². The Hall–Kier alpha value is -1.01. The molecule has 112 valence electrons. The predicted molar refractivity (Wildman–Crippen MR) is 71.6 cm³/mol. The molecule has 2 unspecified atom stereocenters. The summed E-state index contributed by atoms with van der Waals surface area (Å²) in [6.07, 6.45) is -2.61. The molecule has 0 aromatic heterocycles. The minimum absolute atomic E-state index is 0.0840. The fraction of sp³-hybridized carbons (Fsp3) is 0.571. The van der Waals surface area contributed by atoms with Crippen LogP contribution in [-0.2, 0) is 9.84 Å². The summed E-state index contributed by atoms with van der Waals surface area (Å²) in [5.41, 5.74) is 0.680. The van der Waals surface area contributed by atoms with Crippen molar-refractivity contribution in [1.29, 1.82) is 0 Å². The third kappa shape index (κ3) is 2.72. The molecule has 0 heterocycles. The highest BCUT2D eigenvalue weighted by Crippen LogP contribution is 2.52. The van der Waals surface area contributed by atoms with E-state index < -0.39 is 22.0 Å². The first-order chi connectivity index (χ1) is 9.14. The van der Waals surface area contributed by atoms with Crippen LogP contribution in [0.5, 0.6) is 0 Å². The Morgan fingerprint density at radius 2 is 1.85 bits per heavy atom. The molecule has 0 radical (unpaired) electrons. The molecule has 20 heavy (non-hydrogen) atoms. The summed E-state index contributed by atoms with van der Waals surface area (Å²) < 4.78 is 47.8. The van der Waals surface area contributed by atoms with E-state index in [1.54, 1.807) is 12.1 Å². The zero-order valence-corrected chi connectivity index (χ0v) is 12.2. The van der Waals surface area contributed by atoms with Gasteiger partial charge >= 0.3 is 0 Å². The van der Waals surface area contributed by atoms with Crippen LogP contribution in [0.25, 0.3) is 0 Å². The SMILES string of the molecule is CC1(C)C(O)CC1c1ccc(S(=O)(=O)CC(F)F)cc1. The van der Waals surface area contributed by atoms with E-state index in [0.29, 0.717) is 6.42 Å². The third-order valence-electron chi connectivity index (χ3n) is 4.20. The number of halogens is 2. The van der Waals surface area contributed by atoms with Gasteiger partial charge in [-0.25, -0.2) is 17.2 Å². The highest BCUT2D eigenvalue weighted by molar-refractivity contribution is 7.91. The van der Waals surface area contributed by atoms with Crippen molar-refractivity contribution in [2.24, 2.45) is 5.41 Å². The molecule has 1 aliphatic rings. The summed E-state index contributed by atoms with van der Waals surface area (Å²) >= 11 is 0. The largest absolute Gasteiger partial charge is 0.393 e. The summed E-state index contributed by atoms with van der Waals surface area (Å²) in [6.45, 7) is 3.90. The van der Waals surface area contributed by atoms with Crippen LogP contribution in [0.2, 0.25) is 0 Å². The van der Waals surface area contributed by atoms with Gasteiger partial charge in [0.05, 0.1) is 11.0 Å². The Balaban J connectivity index is 2.20. The minimum atomic E-state index is -3.93. The van der Waals surface area contributed by atoms with Crippen molar-refractivity contribution in [3.8, 4) is 0 Å². The molecular weight excluding hydrogens is 286 g/mol. The maximum atomic E-state index is 12.2. The number of aliphatic hydroxyl groups excluding tert-OH is 1. The van der Waals surface area contributed by atoms with Crippen LogP contribution in [-0.4, -0.2) is 31.8 Å². The van der Waals surface area contributed by atoms with Crippen LogP contribution in [0, 0.1) is 5.41 Å². The number of alkyl halides is 2. The van der Waals surface area contributed by atoms with Crippen molar-refractivity contribution in [2.45, 2.75) is 43.6 Å². The maximum absolute atomic E-state index is 12.2. The molecule has 1 N–H and O–H groups in total. The van der Waals surface area contributed by atoms with Crippen LogP contribution in [0.4, 0.5) is 8.78 Å². The lowest BCUT2D eigenvalue weighted by atomic mass is 9.58. The smallest absolute Gasteiger partial charge is 0.252 e. The molecule has 1 fully saturated rings. The number of aliphatic hydroxyl groups is 1. The van der Waals surface area contributed by atoms with E-state index in [1.807, 2.05) is 13.8 Å². The van der Waals surface area contributed by atoms with E-state index in [-0.39, 0.29) is 22.3 Å². The van der Waals surface area contributed by atoms with Gasteiger partial charge in [0.2, 0.25) is 0 Å². The average Bonchev–Trinajstić information content (AvgIpc) is 2.34. The van der Waals surface area contributed by atoms with E-state index >= 15 is 0 Å². The second-order valence-electron chi connectivity index (χ2n) is 5.87. The van der Waals surface area contributed by atoms with Gasteiger partial charge in [-0.15, -0.1) is 0 Å². The summed E-state index contributed by atoms with van der Waals surface area (Å²) in [5, 5.41) is 9.71. The zero-order chi connectivity index (χ0) is 15.1. The first-order valence-electron chi connectivity index (χ1n) is 6.43. The third-order valence-corrected chi connectivity index (χ3v) is 5.88. The second kappa shape index (κ2) is 5.07. The van der Waals surface area contributed by atoms with Crippen molar-refractivity contribution in [2.75, 3.05) is 5.75 Å². The molecule has 0 bridgehead atoms. The molecule has 0 amide bonds. The standard InChI is InChI=1S/C14H18F2O3S/c1-14(2)11(7-12(14)17)9-3-5-10(6-4-9)20(18,19)8-13(15)16/h3-6,11-13,17H,7-8H2,1-2H3. The molecule has 6 heteroatoms. The van der Waals surface area contributed by atoms with E-state index in [1.165, 1.54) is 12.1 Å². The Morgan fingerprint density at radius 1 is 1.30 bits per heavy atom. The lowest BCUT2D eigenvalue weighted by Gasteiger charge is -2.49. The fourth-order valence-corrected chi connectivity index (χ4v) is 3.71. The monoisotopic (exact) mass is 304 g/mol. The molecule has 3 nitrogen and oxygen atoms in total. The van der Waals surface area contributed by atoms with Crippen LogP contribution in [0.3, 0.4) is 0 Å². The van der Waals surface area contributed by atoms with Gasteiger partial charge in [0.15, 0.2) is 9.84 Å². The Labute approximate surface area is 117 Å². The molecule has 0 saturated heterocycles. The van der Waals surface area contributed by atoms with Crippen LogP contribution >= 0.6 is 0 Å². The molecule has 1 aromatic rings. The topological polar surface area (TPSA) is 54.4 Å². The molecule has 1 aromatic carbocycles. The number of sulfone groups is 1. The highest BCUT2D eigenvalue weighted by atomic mass is 32.2. The van der Waals surface area contributed by atoms with Crippen molar-refractivity contribution in [3.05, 3.63) is 29.8 Å². The van der Waals surface area contributed by atoms with Crippen LogP contribution in [0.1, 0.15) is 31.7 Å². The normalized spacial score (nSPS) is 25.5. The van der Waals surface area contributed by atoms with E-state index in [9.17, 15) is 22.3 Å². The number of hydrogen-bond acceptors (Lipinski definition) is 3. The molecule has 1 saturated carbocycles. The van der Waals surface area contributed by atoms with Gasteiger partial charge < -0.3 is 5.11 Å². The van der Waals surface area contributed by atoms with Crippen LogP contribution in [0.15, 0.2) is 29.2 Å². The van der Waals surface area contributed by atoms with Gasteiger partial charge in [-0.3, -0.25) is 0 Å². The van der Waals surface area contributed by atoms with Gasteiger partial charge in [0, 0.05) is 0 Å². The second-order valence-corrected chi connectivity index (χ2v) is 7.90. The van der Waals surface area contributed by atoms with Gasteiger partial charge in [0.1, 0.15) is 5.75 Å². The fourth-order valence-electron chi connectivity index (χ4n) is 2.64. The Morgan fingerprint density at radius 3 is 2.25 bits per heavy atom. The zero-order valence-electron chi connectivity index (χ0n) is 11.4.